The van der Waals surface area contributed by atoms with Gasteiger partial charge in [-0.2, -0.15) is 0 Å². The molecular weight excluding hydrogens is 268 g/mol. The van der Waals surface area contributed by atoms with Crippen molar-refractivity contribution in [3.63, 3.8) is 0 Å². The number of nitrogens with one attached hydrogen (secondary N) is 1. The number of amides is 1. The van der Waals surface area contributed by atoms with Crippen molar-refractivity contribution in [2.45, 2.75) is 0 Å². The van der Waals surface area contributed by atoms with E-state index in [-0.39, 0.29) is 11.3 Å². The van der Waals surface area contributed by atoms with Crippen LogP contribution in [0.4, 0.5) is 14.5 Å². The fourth-order valence-electron chi connectivity index (χ4n) is 1.59. The zero-order chi connectivity index (χ0) is 14.7. The minimum Gasteiger partial charge on any atom is -0.478 e. The molecule has 0 aromatic heterocycles. The number of aromatic carboxylic acids is 1. The average Bonchev–Trinajstić information content (AvgIpc) is 2.41. The van der Waals surface area contributed by atoms with Gasteiger partial charge < -0.3 is 10.4 Å². The van der Waals surface area contributed by atoms with Crippen LogP contribution in [0.2, 0.25) is 0 Å². The van der Waals surface area contributed by atoms with Crippen LogP contribution in [0.3, 0.4) is 0 Å². The van der Waals surface area contributed by atoms with Gasteiger partial charge in [0.25, 0.3) is 5.91 Å². The second kappa shape index (κ2) is 5.48. The fourth-order valence-corrected chi connectivity index (χ4v) is 1.59. The van der Waals surface area contributed by atoms with Crippen molar-refractivity contribution < 1.29 is 23.5 Å². The van der Waals surface area contributed by atoms with E-state index < -0.39 is 29.1 Å². The maximum atomic E-state index is 13.8. The Morgan fingerprint density at radius 3 is 2.25 bits per heavy atom. The zero-order valence-corrected chi connectivity index (χ0v) is 10.1. The lowest BCUT2D eigenvalue weighted by Crippen LogP contribution is -2.14. The van der Waals surface area contributed by atoms with Crippen molar-refractivity contribution in [3.05, 3.63) is 65.2 Å². The standard InChI is InChI=1S/C14H9F2NO3/c15-9-6-4-8(5-7-9)13(18)17-11-3-1-2-10(12(11)16)14(19)20/h1-7H,(H,17,18)(H,19,20). The summed E-state index contributed by atoms with van der Waals surface area (Å²) < 4.78 is 26.5. The van der Waals surface area contributed by atoms with E-state index in [4.69, 9.17) is 5.11 Å². The Hall–Kier alpha value is -2.76. The van der Waals surface area contributed by atoms with Gasteiger partial charge in [0.2, 0.25) is 0 Å². The molecule has 4 nitrogen and oxygen atoms in total. The first-order valence-electron chi connectivity index (χ1n) is 5.58. The van der Waals surface area contributed by atoms with Crippen LogP contribution >= 0.6 is 0 Å². The molecule has 2 N–H and O–H groups in total. The molecule has 0 bridgehead atoms. The highest BCUT2D eigenvalue weighted by molar-refractivity contribution is 6.04. The van der Waals surface area contributed by atoms with E-state index in [0.717, 1.165) is 18.2 Å². The third-order valence-electron chi connectivity index (χ3n) is 2.58. The Labute approximate surface area is 112 Å². The molecule has 20 heavy (non-hydrogen) atoms. The maximum absolute atomic E-state index is 13.8. The largest absolute Gasteiger partial charge is 0.478 e. The predicted molar refractivity (Wildman–Crippen MR) is 67.7 cm³/mol. The topological polar surface area (TPSA) is 66.4 Å². The van der Waals surface area contributed by atoms with Gasteiger partial charge in [-0.15, -0.1) is 0 Å². The highest BCUT2D eigenvalue weighted by Gasteiger charge is 2.16. The first-order valence-corrected chi connectivity index (χ1v) is 5.58. The summed E-state index contributed by atoms with van der Waals surface area (Å²) in [7, 11) is 0. The fraction of sp³-hybridized carbons (Fsp3) is 0. The average molecular weight is 277 g/mol. The number of hydrogen-bond acceptors (Lipinski definition) is 2. The Morgan fingerprint density at radius 1 is 1.00 bits per heavy atom. The van der Waals surface area contributed by atoms with E-state index in [0.29, 0.717) is 0 Å². The summed E-state index contributed by atoms with van der Waals surface area (Å²) >= 11 is 0. The molecule has 2 aromatic rings. The van der Waals surface area contributed by atoms with E-state index in [1.807, 2.05) is 0 Å². The van der Waals surface area contributed by atoms with Gasteiger partial charge >= 0.3 is 5.97 Å². The molecule has 0 radical (unpaired) electrons. The molecule has 6 heteroatoms. The third-order valence-corrected chi connectivity index (χ3v) is 2.58. The van der Waals surface area contributed by atoms with Gasteiger partial charge in [0.15, 0.2) is 5.82 Å². The molecule has 0 atom stereocenters. The summed E-state index contributed by atoms with van der Waals surface area (Å²) in [6, 6.07) is 8.31. The van der Waals surface area contributed by atoms with Crippen LogP contribution in [0, 0.1) is 11.6 Å². The lowest BCUT2D eigenvalue weighted by atomic mass is 10.1. The van der Waals surface area contributed by atoms with Crippen LogP contribution in [-0.2, 0) is 0 Å². The van der Waals surface area contributed by atoms with Gasteiger partial charge in [0.1, 0.15) is 5.82 Å². The van der Waals surface area contributed by atoms with Gasteiger partial charge in [-0.3, -0.25) is 4.79 Å². The summed E-state index contributed by atoms with van der Waals surface area (Å²) in [6.07, 6.45) is 0. The maximum Gasteiger partial charge on any atom is 0.338 e. The highest BCUT2D eigenvalue weighted by Crippen LogP contribution is 2.19. The lowest BCUT2D eigenvalue weighted by molar-refractivity contribution is 0.0691. The summed E-state index contributed by atoms with van der Waals surface area (Å²) in [6.45, 7) is 0. The van der Waals surface area contributed by atoms with Crippen molar-refractivity contribution in [2.75, 3.05) is 5.32 Å². The van der Waals surface area contributed by atoms with Gasteiger partial charge in [-0.1, -0.05) is 6.07 Å². The summed E-state index contributed by atoms with van der Waals surface area (Å²) in [5.74, 6) is -3.62. The first-order chi connectivity index (χ1) is 9.49. The predicted octanol–water partition coefficient (Wildman–Crippen LogP) is 2.92. The molecule has 0 aliphatic carbocycles. The summed E-state index contributed by atoms with van der Waals surface area (Å²) in [5.41, 5.74) is -0.660. The van der Waals surface area contributed by atoms with Crippen LogP contribution in [0.1, 0.15) is 20.7 Å². The van der Waals surface area contributed by atoms with Crippen molar-refractivity contribution in [1.29, 1.82) is 0 Å². The van der Waals surface area contributed by atoms with Crippen molar-refractivity contribution in [3.8, 4) is 0 Å². The number of halogens is 2. The molecule has 0 saturated carbocycles. The molecular formula is C14H9F2NO3. The lowest BCUT2D eigenvalue weighted by Gasteiger charge is -2.08. The molecule has 2 rings (SSSR count). The molecule has 0 heterocycles. The Kier molecular flexibility index (Phi) is 3.74. The van der Waals surface area contributed by atoms with Crippen molar-refractivity contribution in [2.24, 2.45) is 0 Å². The number of carbonyl (C=O) groups excluding carboxylic acids is 1. The number of rotatable bonds is 3. The normalized spacial score (nSPS) is 10.1. The molecule has 1 amide bonds. The second-order valence-corrected chi connectivity index (χ2v) is 3.93. The Morgan fingerprint density at radius 2 is 1.65 bits per heavy atom. The number of anilines is 1. The molecule has 0 aliphatic rings. The molecule has 0 spiro atoms. The van der Waals surface area contributed by atoms with Gasteiger partial charge in [-0.25, -0.2) is 13.6 Å². The number of carbonyl (C=O) groups is 2. The number of carboxylic acids is 1. The number of benzene rings is 2. The van der Waals surface area contributed by atoms with Crippen LogP contribution in [0.5, 0.6) is 0 Å². The second-order valence-electron chi connectivity index (χ2n) is 3.93. The minimum atomic E-state index is -1.43. The van der Waals surface area contributed by atoms with Gasteiger partial charge in [-0.05, 0) is 36.4 Å². The monoisotopic (exact) mass is 277 g/mol. The Bertz CT molecular complexity index is 669. The zero-order valence-electron chi connectivity index (χ0n) is 10.1. The van der Waals surface area contributed by atoms with E-state index in [2.05, 4.69) is 5.32 Å². The van der Waals surface area contributed by atoms with E-state index >= 15 is 0 Å². The van der Waals surface area contributed by atoms with Crippen LogP contribution < -0.4 is 5.32 Å². The SMILES string of the molecule is O=C(Nc1cccc(C(=O)O)c1F)c1ccc(F)cc1. The molecule has 0 fully saturated rings. The molecule has 2 aromatic carbocycles. The van der Waals surface area contributed by atoms with Crippen molar-refractivity contribution >= 4 is 17.6 Å². The van der Waals surface area contributed by atoms with Gasteiger partial charge in [0, 0.05) is 5.56 Å². The molecule has 0 unspecified atom stereocenters. The van der Waals surface area contributed by atoms with E-state index in [1.54, 1.807) is 0 Å². The van der Waals surface area contributed by atoms with Gasteiger partial charge in [0.05, 0.1) is 11.3 Å². The molecule has 102 valence electrons. The smallest absolute Gasteiger partial charge is 0.338 e. The minimum absolute atomic E-state index is 0.131. The third kappa shape index (κ3) is 2.80. The quantitative estimate of drug-likeness (QED) is 0.906. The molecule has 0 saturated heterocycles. The van der Waals surface area contributed by atoms with Crippen LogP contribution in [0.15, 0.2) is 42.5 Å². The number of hydrogen-bond donors (Lipinski definition) is 2. The summed E-state index contributed by atoms with van der Waals surface area (Å²) in [4.78, 5) is 22.6. The Balaban J connectivity index is 2.26. The highest BCUT2D eigenvalue weighted by atomic mass is 19.1. The number of carboxylic acid groups (broad SMARTS) is 1. The first kappa shape index (κ1) is 13.7. The van der Waals surface area contributed by atoms with E-state index in [1.165, 1.54) is 24.3 Å². The van der Waals surface area contributed by atoms with Crippen LogP contribution in [0.25, 0.3) is 0 Å². The van der Waals surface area contributed by atoms with Crippen LogP contribution in [-0.4, -0.2) is 17.0 Å². The summed E-state index contributed by atoms with van der Waals surface area (Å²) in [5, 5.41) is 11.0. The molecule has 0 aliphatic heterocycles. The van der Waals surface area contributed by atoms with Crippen molar-refractivity contribution in [1.82, 2.24) is 0 Å². The van der Waals surface area contributed by atoms with E-state index in [9.17, 15) is 18.4 Å².